The average molecular weight is 381 g/mol. The van der Waals surface area contributed by atoms with E-state index in [-0.39, 0.29) is 22.6 Å². The molecule has 0 fully saturated rings. The highest BCUT2D eigenvalue weighted by atomic mass is 16.3. The summed E-state index contributed by atoms with van der Waals surface area (Å²) >= 11 is 0. The molecule has 2 aromatic carbocycles. The van der Waals surface area contributed by atoms with Gasteiger partial charge in [0.2, 0.25) is 0 Å². The summed E-state index contributed by atoms with van der Waals surface area (Å²) in [5, 5.41) is 18.4. The first-order valence-corrected chi connectivity index (χ1v) is 8.38. The third kappa shape index (κ3) is 3.73. The normalized spacial score (nSPS) is 10.5. The number of hydrogen-bond acceptors (Lipinski definition) is 6. The number of aromatic amines is 1. The number of primary amides is 1. The predicted molar refractivity (Wildman–Crippen MR) is 106 cm³/mol. The molecule has 0 saturated heterocycles. The summed E-state index contributed by atoms with van der Waals surface area (Å²) < 4.78 is 1.02. The Hall–Kier alpha value is -4.01. The van der Waals surface area contributed by atoms with E-state index in [1.165, 1.54) is 25.2 Å². The minimum atomic E-state index is -0.817. The van der Waals surface area contributed by atoms with Crippen molar-refractivity contribution in [2.24, 2.45) is 12.8 Å². The van der Waals surface area contributed by atoms with E-state index >= 15 is 0 Å². The molecule has 0 aliphatic rings. The Bertz CT molecular complexity index is 1140. The Balaban J connectivity index is 2.03. The second-order valence-corrected chi connectivity index (χ2v) is 6.09. The van der Waals surface area contributed by atoms with Crippen LogP contribution in [0.15, 0.2) is 58.1 Å². The fourth-order valence-corrected chi connectivity index (χ4v) is 2.70. The summed E-state index contributed by atoms with van der Waals surface area (Å²) in [5.41, 5.74) is 5.00. The number of amides is 1. The van der Waals surface area contributed by atoms with Crippen molar-refractivity contribution in [1.82, 2.24) is 9.78 Å². The molecule has 0 spiro atoms. The number of hydrogen-bond donors (Lipinski definition) is 5. The second kappa shape index (κ2) is 7.70. The number of nitrogens with zero attached hydrogens (tertiary/aromatic N) is 1. The maximum atomic E-state index is 12.6. The Kier molecular flexibility index (Phi) is 5.16. The van der Waals surface area contributed by atoms with Crippen molar-refractivity contribution in [3.05, 3.63) is 80.4 Å². The molecule has 3 rings (SSSR count). The third-order valence-corrected chi connectivity index (χ3v) is 4.14. The van der Waals surface area contributed by atoms with Gasteiger partial charge in [0.15, 0.2) is 5.75 Å². The number of phenols is 1. The SMILES string of the molecule is Cn1[nH]c(=O)c(NCc2ccccc2)c(Nc2cccc(C(N)=O)c2O)c1=O. The molecular weight excluding hydrogens is 362 g/mol. The molecule has 9 nitrogen and oxygen atoms in total. The fourth-order valence-electron chi connectivity index (χ4n) is 2.70. The van der Waals surface area contributed by atoms with Crippen LogP contribution in [0.25, 0.3) is 0 Å². The summed E-state index contributed by atoms with van der Waals surface area (Å²) in [6.07, 6.45) is 0. The highest BCUT2D eigenvalue weighted by Gasteiger charge is 2.17. The molecule has 144 valence electrons. The topological polar surface area (TPSA) is 142 Å². The molecule has 1 heterocycles. The standard InChI is InChI=1S/C19H19N5O4/c1-24-19(28)15(22-13-9-5-8-12(16(13)25)17(20)26)14(18(27)23-24)21-10-11-6-3-2-4-7-11/h2-9,21-22,25H,10H2,1H3,(H2,20,26)(H,23,27). The van der Waals surface area contributed by atoms with E-state index in [1.807, 2.05) is 30.3 Å². The summed E-state index contributed by atoms with van der Waals surface area (Å²) in [7, 11) is 1.40. The van der Waals surface area contributed by atoms with Crippen molar-refractivity contribution >= 4 is 23.0 Å². The van der Waals surface area contributed by atoms with Crippen molar-refractivity contribution in [3.8, 4) is 5.75 Å². The zero-order valence-electron chi connectivity index (χ0n) is 15.0. The minimum Gasteiger partial charge on any atom is -0.505 e. The van der Waals surface area contributed by atoms with Gasteiger partial charge in [-0.25, -0.2) is 0 Å². The van der Waals surface area contributed by atoms with E-state index in [9.17, 15) is 19.5 Å². The van der Waals surface area contributed by atoms with Crippen LogP contribution >= 0.6 is 0 Å². The molecular formula is C19H19N5O4. The van der Waals surface area contributed by atoms with E-state index in [1.54, 1.807) is 0 Å². The van der Waals surface area contributed by atoms with Gasteiger partial charge in [-0.2, -0.15) is 0 Å². The smallest absolute Gasteiger partial charge is 0.290 e. The average Bonchev–Trinajstić information content (AvgIpc) is 2.67. The molecule has 3 aromatic rings. The minimum absolute atomic E-state index is 0.0100. The zero-order chi connectivity index (χ0) is 20.3. The van der Waals surface area contributed by atoms with Crippen molar-refractivity contribution < 1.29 is 9.90 Å². The van der Waals surface area contributed by atoms with Gasteiger partial charge in [-0.15, -0.1) is 0 Å². The van der Waals surface area contributed by atoms with Crippen molar-refractivity contribution in [1.29, 1.82) is 0 Å². The molecule has 0 radical (unpaired) electrons. The number of carbonyl (C=O) groups excluding carboxylic acids is 1. The first-order chi connectivity index (χ1) is 13.4. The Morgan fingerprint density at radius 1 is 1.11 bits per heavy atom. The Morgan fingerprint density at radius 3 is 2.50 bits per heavy atom. The molecule has 0 bridgehead atoms. The summed E-state index contributed by atoms with van der Waals surface area (Å²) in [6.45, 7) is 0.305. The molecule has 0 saturated carbocycles. The van der Waals surface area contributed by atoms with Crippen molar-refractivity contribution in [2.75, 3.05) is 10.6 Å². The second-order valence-electron chi connectivity index (χ2n) is 6.09. The van der Waals surface area contributed by atoms with E-state index in [2.05, 4.69) is 15.7 Å². The van der Waals surface area contributed by atoms with Crippen LogP contribution in [0.4, 0.5) is 17.1 Å². The van der Waals surface area contributed by atoms with Crippen LogP contribution in [0.2, 0.25) is 0 Å². The number of aromatic nitrogens is 2. The van der Waals surface area contributed by atoms with Crippen LogP contribution in [-0.2, 0) is 13.6 Å². The largest absolute Gasteiger partial charge is 0.505 e. The van der Waals surface area contributed by atoms with Crippen molar-refractivity contribution in [3.63, 3.8) is 0 Å². The highest BCUT2D eigenvalue weighted by molar-refractivity contribution is 5.98. The Labute approximate surface area is 159 Å². The lowest BCUT2D eigenvalue weighted by Crippen LogP contribution is -2.31. The van der Waals surface area contributed by atoms with Gasteiger partial charge in [0.25, 0.3) is 17.0 Å². The number of nitrogens with two attached hydrogens (primary N) is 1. The first kappa shape index (κ1) is 18.8. The number of aromatic hydroxyl groups is 1. The van der Waals surface area contributed by atoms with Crippen LogP contribution in [-0.4, -0.2) is 20.8 Å². The highest BCUT2D eigenvalue weighted by Crippen LogP contribution is 2.30. The van der Waals surface area contributed by atoms with Gasteiger partial charge in [0.05, 0.1) is 11.3 Å². The predicted octanol–water partition coefficient (Wildman–Crippen LogP) is 1.23. The van der Waals surface area contributed by atoms with Crippen LogP contribution in [0, 0.1) is 0 Å². The lowest BCUT2D eigenvalue weighted by atomic mass is 10.1. The number of carbonyl (C=O) groups is 1. The van der Waals surface area contributed by atoms with Crippen LogP contribution < -0.4 is 27.5 Å². The van der Waals surface area contributed by atoms with E-state index in [0.717, 1.165) is 10.2 Å². The molecule has 1 amide bonds. The van der Waals surface area contributed by atoms with Crippen molar-refractivity contribution in [2.45, 2.75) is 6.54 Å². The summed E-state index contributed by atoms with van der Waals surface area (Å²) in [6, 6.07) is 13.6. The van der Waals surface area contributed by atoms with Crippen LogP contribution in [0.3, 0.4) is 0 Å². The van der Waals surface area contributed by atoms with E-state index < -0.39 is 22.8 Å². The number of benzene rings is 2. The number of aryl methyl sites for hydroxylation is 1. The monoisotopic (exact) mass is 381 g/mol. The number of anilines is 3. The number of H-pyrrole nitrogens is 1. The van der Waals surface area contributed by atoms with Gasteiger partial charge >= 0.3 is 0 Å². The number of nitrogens with one attached hydrogen (secondary N) is 3. The van der Waals surface area contributed by atoms with Gasteiger partial charge in [-0.3, -0.25) is 24.2 Å². The molecule has 6 N–H and O–H groups in total. The van der Waals surface area contributed by atoms with Gasteiger partial charge in [0.1, 0.15) is 11.4 Å². The van der Waals surface area contributed by atoms with E-state index in [0.29, 0.717) is 6.54 Å². The van der Waals surface area contributed by atoms with Gasteiger partial charge in [-0.05, 0) is 17.7 Å². The fraction of sp³-hybridized carbons (Fsp3) is 0.105. The maximum absolute atomic E-state index is 12.6. The zero-order valence-corrected chi connectivity index (χ0v) is 15.0. The molecule has 0 atom stereocenters. The van der Waals surface area contributed by atoms with Gasteiger partial charge < -0.3 is 21.5 Å². The Morgan fingerprint density at radius 2 is 1.82 bits per heavy atom. The van der Waals surface area contributed by atoms with Crippen LogP contribution in [0.5, 0.6) is 5.75 Å². The maximum Gasteiger partial charge on any atom is 0.290 e. The molecule has 0 unspecified atom stereocenters. The lowest BCUT2D eigenvalue weighted by molar-refractivity contribution is 0.0998. The molecule has 0 aliphatic carbocycles. The molecule has 28 heavy (non-hydrogen) atoms. The molecule has 1 aromatic heterocycles. The van der Waals surface area contributed by atoms with Crippen LogP contribution in [0.1, 0.15) is 15.9 Å². The molecule has 9 heteroatoms. The summed E-state index contributed by atoms with van der Waals surface area (Å²) in [4.78, 5) is 36.5. The third-order valence-electron chi connectivity index (χ3n) is 4.14. The summed E-state index contributed by atoms with van der Waals surface area (Å²) in [5.74, 6) is -1.23. The lowest BCUT2D eigenvalue weighted by Gasteiger charge is -2.15. The van der Waals surface area contributed by atoms with Gasteiger partial charge in [-0.1, -0.05) is 36.4 Å². The van der Waals surface area contributed by atoms with Gasteiger partial charge in [0, 0.05) is 13.6 Å². The first-order valence-electron chi connectivity index (χ1n) is 8.38. The molecule has 0 aliphatic heterocycles. The number of para-hydroxylation sites is 1. The quantitative estimate of drug-likeness (QED) is 0.407. The van der Waals surface area contributed by atoms with E-state index in [4.69, 9.17) is 5.73 Å². The number of rotatable bonds is 6.